The van der Waals surface area contributed by atoms with Gasteiger partial charge in [0.15, 0.2) is 0 Å². The number of carbonyl (C=O) groups is 12. The Morgan fingerprint density at radius 3 is 0.366 bits per heavy atom. The van der Waals surface area contributed by atoms with Gasteiger partial charge in [0.25, 0.3) is 0 Å². The molecule has 3 fully saturated rings. The van der Waals surface area contributed by atoms with Crippen molar-refractivity contribution in [1.29, 1.82) is 0 Å². The minimum atomic E-state index is -3.22. The number of carboxylic acids is 12. The van der Waals surface area contributed by atoms with E-state index in [1.807, 2.05) is 0 Å². The molecule has 0 atom stereocenters. The molecule has 486 valence electrons. The van der Waals surface area contributed by atoms with Crippen LogP contribution in [0.15, 0.2) is 0 Å². The minimum Gasteiger partial charge on any atom is -2.00 e. The molecule has 0 unspecified atom stereocenters. The molecule has 0 aromatic heterocycles. The Bertz CT molecular complexity index is 1420. The molecule has 0 spiro atoms. The van der Waals surface area contributed by atoms with Gasteiger partial charge in [0.2, 0.25) is 0 Å². The Morgan fingerprint density at radius 2 is 0.329 bits per heavy atom. The molecule has 2 radical (unpaired) electrons. The van der Waals surface area contributed by atoms with E-state index < -0.39 is 145 Å². The largest absolute Gasteiger partial charge is 3.00 e. The fourth-order valence-electron chi connectivity index (χ4n) is 4.97. The van der Waals surface area contributed by atoms with Crippen LogP contribution in [0.4, 0.5) is 0 Å². The van der Waals surface area contributed by atoms with Crippen molar-refractivity contribution < 1.29 is 311 Å². The predicted molar refractivity (Wildman–Crippen MR) is 198 cm³/mol. The molecular formula is C36H62Fe2N6O36U2-10. The molecule has 3 aliphatic rings. The summed E-state index contributed by atoms with van der Waals surface area (Å²) in [6.07, 6.45) is -11.8. The van der Waals surface area contributed by atoms with Gasteiger partial charge in [0.1, 0.15) is 78.5 Å². The van der Waals surface area contributed by atoms with Gasteiger partial charge in [-0.15, -0.1) is 0 Å². The second-order valence-electron chi connectivity index (χ2n) is 14.7. The fraction of sp³-hybridized carbons (Fsp3) is 0.667. The van der Waals surface area contributed by atoms with Crippen molar-refractivity contribution in [3.05, 3.63) is 0 Å². The van der Waals surface area contributed by atoms with Gasteiger partial charge in [-0.3, -0.25) is 0 Å². The average molecular weight is 1740 g/mol. The van der Waals surface area contributed by atoms with E-state index in [1.165, 1.54) is 78.5 Å². The molecule has 3 saturated heterocycles. The maximum absolute atomic E-state index is 10.9. The molecule has 3 rings (SSSR count). The van der Waals surface area contributed by atoms with Gasteiger partial charge in [0.05, 0.1) is 0 Å². The maximum atomic E-state index is 10.9. The molecule has 82 heavy (non-hydrogen) atoms. The van der Waals surface area contributed by atoms with E-state index in [9.17, 15) is 139 Å². The summed E-state index contributed by atoms with van der Waals surface area (Å²) >= 11 is 0. The topological polar surface area (TPSA) is 916 Å². The van der Waals surface area contributed by atoms with Crippen LogP contribution in [0.2, 0.25) is 0 Å². The minimum absolute atomic E-state index is 0. The van der Waals surface area contributed by atoms with E-state index in [0.29, 0.717) is 0 Å². The molecule has 3 aliphatic heterocycles. The van der Waals surface area contributed by atoms with Crippen molar-refractivity contribution in [3.8, 4) is 0 Å². The molecule has 0 aromatic carbocycles. The summed E-state index contributed by atoms with van der Waals surface area (Å²) in [6.45, 7) is 15.8. The number of carboxylic acid groups (broad SMARTS) is 12. The Balaban J connectivity index is -0.0000000440. The molecule has 0 aliphatic carbocycles. The summed E-state index contributed by atoms with van der Waals surface area (Å²) in [7, 11) is 0. The Kier molecular flexibility index (Phi) is 97.2. The van der Waals surface area contributed by atoms with Crippen molar-refractivity contribution in [2.24, 2.45) is 0 Å². The zero-order valence-electron chi connectivity index (χ0n) is 42.5. The molecule has 0 bridgehead atoms. The first kappa shape index (κ1) is 120. The number of aliphatic carboxylic acids is 12. The van der Waals surface area contributed by atoms with Gasteiger partial charge in [-0.1, -0.05) is 22.4 Å². The van der Waals surface area contributed by atoms with Crippen molar-refractivity contribution in [1.82, 2.24) is 0 Å². The van der Waals surface area contributed by atoms with Crippen molar-refractivity contribution in [2.45, 2.75) is 73.8 Å². The average Bonchev–Trinajstić information content (AvgIpc) is 3.21. The standard InChI is InChI=1S/4C6H7O7.3C4H10N2.2Fe.4H2O.4O.2U/c4*7-3(8)1-6(13,5(11)12)2-4(9)10;3*1-2-6-4-3-5-1;;;;;;;;;;;;/h4*1-2H2,(H,7,8)(H,9,10)(H,11,12);3*5-6H,1-4H2;;;4*1H2;;;;;;/q4*-1;;;;2*+3;;;;;4*-2;;/p-4. The van der Waals surface area contributed by atoms with Crippen LogP contribution in [0.3, 0.4) is 0 Å². The number of rotatable bonds is 20. The van der Waals surface area contributed by atoms with Crippen LogP contribution in [-0.4, -0.2) is 184 Å². The second-order valence-corrected chi connectivity index (χ2v) is 14.7. The molecular weight excluding hydrogens is 1680 g/mol. The van der Waals surface area contributed by atoms with Gasteiger partial charge in [0, 0.05) is 134 Å². The molecule has 0 aromatic rings. The van der Waals surface area contributed by atoms with Gasteiger partial charge in [-0.25, -0.2) is 0 Å². The van der Waals surface area contributed by atoms with E-state index in [4.69, 9.17) is 0 Å². The van der Waals surface area contributed by atoms with E-state index in [2.05, 4.69) is 31.9 Å². The summed E-state index contributed by atoms with van der Waals surface area (Å²) < 4.78 is 0. The van der Waals surface area contributed by atoms with Crippen molar-refractivity contribution in [3.63, 3.8) is 0 Å². The summed E-state index contributed by atoms with van der Waals surface area (Å²) in [5.41, 5.74) is -12.9. The first-order valence-corrected chi connectivity index (χ1v) is 20.3. The summed E-state index contributed by atoms with van der Waals surface area (Å²) in [6, 6.07) is 0. The van der Waals surface area contributed by atoms with Gasteiger partial charge >= 0.3 is 34.1 Å². The smallest absolute Gasteiger partial charge is 2.00 e. The molecule has 0 amide bonds. The van der Waals surface area contributed by atoms with Crippen LogP contribution in [0.25, 0.3) is 0 Å². The van der Waals surface area contributed by atoms with Gasteiger partial charge in [-0.2, -0.15) is 0 Å². The number of nitrogens with two attached hydrogens (primary N) is 6. The number of hydrogen-bond acceptors (Lipinski definition) is 28. The van der Waals surface area contributed by atoms with E-state index in [-0.39, 0.29) is 140 Å². The Morgan fingerprint density at radius 1 is 0.256 bits per heavy atom. The maximum Gasteiger partial charge on any atom is 3.00 e. The number of piperazine rings is 3. The zero-order chi connectivity index (χ0) is 55.3. The van der Waals surface area contributed by atoms with E-state index in [1.54, 1.807) is 0 Å². The molecule has 42 nitrogen and oxygen atoms in total. The number of carbonyl (C=O) groups excluding carboxylic acids is 12. The van der Waals surface area contributed by atoms with E-state index >= 15 is 0 Å². The third kappa shape index (κ3) is 70.3. The van der Waals surface area contributed by atoms with Crippen molar-refractivity contribution >= 4 is 71.6 Å². The summed E-state index contributed by atoms with van der Waals surface area (Å²) in [4.78, 5) is 119. The van der Waals surface area contributed by atoms with Crippen molar-refractivity contribution in [2.75, 3.05) is 78.5 Å². The van der Waals surface area contributed by atoms with Crippen LogP contribution < -0.4 is 114 Å². The number of quaternary nitrogens is 6. The summed E-state index contributed by atoms with van der Waals surface area (Å²) in [5, 5.41) is 177. The molecule has 0 saturated carbocycles. The molecule has 22 N–H and O–H groups in total. The first-order chi connectivity index (χ1) is 32.1. The van der Waals surface area contributed by atoms with Gasteiger partial charge in [-0.05, 0) is 51.4 Å². The summed E-state index contributed by atoms with van der Waals surface area (Å²) in [5.74, 6) is -24.9. The monoisotopic (exact) mass is 1740 g/mol. The number of hydrogen-bond donors (Lipinski definition) is 6. The quantitative estimate of drug-likeness (QED) is 0.0487. The first-order valence-electron chi connectivity index (χ1n) is 20.3. The second kappa shape index (κ2) is 66.2. The van der Waals surface area contributed by atoms with Crippen LogP contribution in [0.5, 0.6) is 0 Å². The Hall–Kier alpha value is -3.94. The normalized spacial score (nSPS) is 12.1. The molecule has 46 heteroatoms. The van der Waals surface area contributed by atoms with Crippen LogP contribution in [0, 0.1) is 62.2 Å². The third-order valence-corrected chi connectivity index (χ3v) is 8.38. The van der Waals surface area contributed by atoms with Crippen LogP contribution >= 0.6 is 0 Å². The van der Waals surface area contributed by atoms with Crippen LogP contribution in [-0.2, 0) is 125 Å². The van der Waals surface area contributed by atoms with Gasteiger partial charge < -0.3 is 215 Å². The predicted octanol–water partition coefficient (Wildman–Crippen LogP) is -36.1. The van der Waals surface area contributed by atoms with Crippen LogP contribution in [0.1, 0.15) is 51.4 Å². The molecule has 3 heterocycles. The SMILES string of the molecule is C1C[NH2+]CC[NH2+]1.C1C[NH2+]CC[NH2+]1.C1C[NH2+]CC[NH2+]1.O.O.O=C([O-])CC([O-])(CC(=O)[O-])C(=O)[O-].O=C([O-])CC([O-])(CC(=O)[O-])C(=O)[O-].O=C([O-])CC([O-])(CC(=O)[O-])C(=O)[O-].O=C([O-])CC([O-])(CC(=O)[O-])C(=O)[O-].[Fe+3].[Fe+3].[O-2].[O-2].[O-2].[O-2].[OH3+].[OH3+].[U].[U]. The fourth-order valence-corrected chi connectivity index (χ4v) is 4.97. The van der Waals surface area contributed by atoms with E-state index in [0.717, 1.165) is 0 Å². The Labute approximate surface area is 531 Å². The zero-order valence-corrected chi connectivity index (χ0v) is 53.1. The third-order valence-electron chi connectivity index (χ3n) is 8.38.